The SMILES string of the molecule is COc1cc(C)c(Cl)c(-c2cc(N)on2)c1O. The van der Waals surface area contributed by atoms with E-state index in [1.54, 1.807) is 13.0 Å². The first kappa shape index (κ1) is 11.6. The topological polar surface area (TPSA) is 81.5 Å². The largest absolute Gasteiger partial charge is 0.504 e. The van der Waals surface area contributed by atoms with Crippen LogP contribution in [0.5, 0.6) is 11.5 Å². The first-order chi connectivity index (χ1) is 8.04. The Morgan fingerprint density at radius 1 is 1.47 bits per heavy atom. The highest BCUT2D eigenvalue weighted by Gasteiger charge is 2.19. The van der Waals surface area contributed by atoms with Crippen molar-refractivity contribution in [3.8, 4) is 22.8 Å². The number of benzene rings is 1. The smallest absolute Gasteiger partial charge is 0.222 e. The van der Waals surface area contributed by atoms with Crippen molar-refractivity contribution in [3.63, 3.8) is 0 Å². The Morgan fingerprint density at radius 3 is 2.71 bits per heavy atom. The van der Waals surface area contributed by atoms with E-state index < -0.39 is 0 Å². The van der Waals surface area contributed by atoms with Gasteiger partial charge in [0.05, 0.1) is 17.7 Å². The molecule has 90 valence electrons. The van der Waals surface area contributed by atoms with E-state index in [1.807, 2.05) is 0 Å². The summed E-state index contributed by atoms with van der Waals surface area (Å²) in [5.41, 5.74) is 6.92. The molecule has 0 radical (unpaired) electrons. The number of ether oxygens (including phenoxy) is 1. The molecule has 0 aliphatic heterocycles. The molecule has 0 saturated carbocycles. The minimum absolute atomic E-state index is 0.0867. The van der Waals surface area contributed by atoms with Crippen molar-refractivity contribution in [2.24, 2.45) is 0 Å². The summed E-state index contributed by atoms with van der Waals surface area (Å²) in [6, 6.07) is 3.13. The molecule has 0 spiro atoms. The first-order valence-electron chi connectivity index (χ1n) is 4.83. The van der Waals surface area contributed by atoms with Crippen molar-refractivity contribution >= 4 is 17.5 Å². The molecule has 0 bridgehead atoms. The zero-order chi connectivity index (χ0) is 12.6. The van der Waals surface area contributed by atoms with E-state index in [2.05, 4.69) is 5.16 Å². The molecule has 0 aliphatic rings. The van der Waals surface area contributed by atoms with Crippen LogP contribution in [0.3, 0.4) is 0 Å². The summed E-state index contributed by atoms with van der Waals surface area (Å²) in [5.74, 6) is 0.385. The maximum Gasteiger partial charge on any atom is 0.222 e. The van der Waals surface area contributed by atoms with Gasteiger partial charge in [-0.05, 0) is 18.6 Å². The van der Waals surface area contributed by atoms with Gasteiger partial charge < -0.3 is 20.1 Å². The van der Waals surface area contributed by atoms with Crippen molar-refractivity contribution in [1.29, 1.82) is 0 Å². The molecule has 1 heterocycles. The summed E-state index contributed by atoms with van der Waals surface area (Å²) in [7, 11) is 1.46. The molecule has 0 saturated heterocycles. The molecule has 2 rings (SSSR count). The number of aromatic hydroxyl groups is 1. The summed E-state index contributed by atoms with van der Waals surface area (Å²) in [6.45, 7) is 1.80. The number of hydrogen-bond acceptors (Lipinski definition) is 5. The Labute approximate surface area is 103 Å². The Morgan fingerprint density at radius 2 is 2.18 bits per heavy atom. The number of methoxy groups -OCH3 is 1. The van der Waals surface area contributed by atoms with Crippen LogP contribution in [-0.2, 0) is 0 Å². The number of anilines is 1. The minimum atomic E-state index is -0.0867. The number of phenolic OH excluding ortho intramolecular Hbond substituents is 1. The van der Waals surface area contributed by atoms with Crippen LogP contribution in [0.2, 0.25) is 5.02 Å². The molecule has 0 aliphatic carbocycles. The molecule has 6 heteroatoms. The number of nitrogen functional groups attached to an aromatic ring is 1. The minimum Gasteiger partial charge on any atom is -0.504 e. The highest BCUT2D eigenvalue weighted by Crippen LogP contribution is 2.43. The Hall–Kier alpha value is -1.88. The number of aromatic nitrogens is 1. The average molecular weight is 255 g/mol. The van der Waals surface area contributed by atoms with Gasteiger partial charge in [-0.2, -0.15) is 0 Å². The van der Waals surface area contributed by atoms with Crippen LogP contribution in [0.4, 0.5) is 5.88 Å². The van der Waals surface area contributed by atoms with Gasteiger partial charge in [-0.3, -0.25) is 0 Å². The molecule has 5 nitrogen and oxygen atoms in total. The lowest BCUT2D eigenvalue weighted by atomic mass is 10.1. The number of nitrogens with zero attached hydrogens (tertiary/aromatic N) is 1. The maximum atomic E-state index is 10.0. The number of hydrogen-bond donors (Lipinski definition) is 2. The second-order valence-electron chi connectivity index (χ2n) is 3.55. The van der Waals surface area contributed by atoms with Gasteiger partial charge in [-0.25, -0.2) is 0 Å². The third-order valence-corrected chi connectivity index (χ3v) is 2.88. The van der Waals surface area contributed by atoms with Crippen molar-refractivity contribution in [3.05, 3.63) is 22.7 Å². The predicted molar refractivity (Wildman–Crippen MR) is 64.3 cm³/mol. The molecule has 17 heavy (non-hydrogen) atoms. The number of phenols is 1. The summed E-state index contributed by atoms with van der Waals surface area (Å²) < 4.78 is 9.81. The van der Waals surface area contributed by atoms with E-state index in [4.69, 9.17) is 26.6 Å². The van der Waals surface area contributed by atoms with Gasteiger partial charge in [-0.15, -0.1) is 0 Å². The van der Waals surface area contributed by atoms with Gasteiger partial charge in [0.1, 0.15) is 5.69 Å². The van der Waals surface area contributed by atoms with Crippen molar-refractivity contribution < 1.29 is 14.4 Å². The highest BCUT2D eigenvalue weighted by molar-refractivity contribution is 6.34. The molecule has 1 aromatic heterocycles. The van der Waals surface area contributed by atoms with Crippen molar-refractivity contribution in [1.82, 2.24) is 5.16 Å². The Kier molecular flexibility index (Phi) is 2.85. The monoisotopic (exact) mass is 254 g/mol. The summed E-state index contributed by atoms with van der Waals surface area (Å²) >= 11 is 6.13. The predicted octanol–water partition coefficient (Wildman–Crippen LogP) is 2.60. The molecule has 0 fully saturated rings. The van der Waals surface area contributed by atoms with Crippen LogP contribution in [-0.4, -0.2) is 17.4 Å². The molecule has 2 aromatic rings. The standard InChI is InChI=1S/C11H11ClN2O3/c1-5-3-7(16-2)11(15)9(10(5)12)6-4-8(13)17-14-6/h3-4,15H,13H2,1-2H3. The van der Waals surface area contributed by atoms with E-state index in [1.165, 1.54) is 13.2 Å². The maximum absolute atomic E-state index is 10.0. The number of aryl methyl sites for hydroxylation is 1. The third-order valence-electron chi connectivity index (χ3n) is 2.39. The lowest BCUT2D eigenvalue weighted by Gasteiger charge is -2.11. The fraction of sp³-hybridized carbons (Fsp3) is 0.182. The van der Waals surface area contributed by atoms with Gasteiger partial charge in [0.2, 0.25) is 5.88 Å². The fourth-order valence-corrected chi connectivity index (χ4v) is 1.79. The Bertz CT molecular complexity index is 566. The molecule has 1 aromatic carbocycles. The lowest BCUT2D eigenvalue weighted by molar-refractivity contribution is 0.373. The van der Waals surface area contributed by atoms with E-state index in [9.17, 15) is 5.11 Å². The molecular formula is C11H11ClN2O3. The second kappa shape index (κ2) is 4.18. The van der Waals surface area contributed by atoms with Crippen molar-refractivity contribution in [2.75, 3.05) is 12.8 Å². The van der Waals surface area contributed by atoms with Crippen LogP contribution in [0.15, 0.2) is 16.7 Å². The molecule has 0 atom stereocenters. The van der Waals surface area contributed by atoms with Crippen LogP contribution in [0.25, 0.3) is 11.3 Å². The van der Waals surface area contributed by atoms with E-state index in [0.29, 0.717) is 22.0 Å². The average Bonchev–Trinajstić information content (AvgIpc) is 2.70. The van der Waals surface area contributed by atoms with Crippen LogP contribution < -0.4 is 10.5 Å². The summed E-state index contributed by atoms with van der Waals surface area (Å²) in [6.07, 6.45) is 0. The Balaban J connectivity index is 2.71. The quantitative estimate of drug-likeness (QED) is 0.861. The zero-order valence-corrected chi connectivity index (χ0v) is 10.1. The number of rotatable bonds is 2. The van der Waals surface area contributed by atoms with Gasteiger partial charge in [0.15, 0.2) is 11.5 Å². The molecular weight excluding hydrogens is 244 g/mol. The highest BCUT2D eigenvalue weighted by atomic mass is 35.5. The van der Waals surface area contributed by atoms with Gasteiger partial charge >= 0.3 is 0 Å². The normalized spacial score (nSPS) is 10.5. The van der Waals surface area contributed by atoms with Crippen molar-refractivity contribution in [2.45, 2.75) is 6.92 Å². The van der Waals surface area contributed by atoms with Crippen LogP contribution in [0, 0.1) is 6.92 Å². The van der Waals surface area contributed by atoms with E-state index in [-0.39, 0.29) is 11.6 Å². The van der Waals surface area contributed by atoms with Crippen LogP contribution in [0.1, 0.15) is 5.56 Å². The second-order valence-corrected chi connectivity index (χ2v) is 3.93. The van der Waals surface area contributed by atoms with E-state index in [0.717, 1.165) is 5.56 Å². The van der Waals surface area contributed by atoms with Gasteiger partial charge in [-0.1, -0.05) is 16.8 Å². The molecule has 0 amide bonds. The number of halogens is 1. The summed E-state index contributed by atoms with van der Waals surface area (Å²) in [5, 5.41) is 14.1. The van der Waals surface area contributed by atoms with E-state index >= 15 is 0 Å². The summed E-state index contributed by atoms with van der Waals surface area (Å²) in [4.78, 5) is 0. The number of nitrogens with two attached hydrogens (primary N) is 1. The zero-order valence-electron chi connectivity index (χ0n) is 9.32. The van der Waals surface area contributed by atoms with Gasteiger partial charge in [0, 0.05) is 6.07 Å². The first-order valence-corrected chi connectivity index (χ1v) is 5.21. The lowest BCUT2D eigenvalue weighted by Crippen LogP contribution is -1.90. The van der Waals surface area contributed by atoms with Gasteiger partial charge in [0.25, 0.3) is 0 Å². The molecule has 3 N–H and O–H groups in total. The fourth-order valence-electron chi connectivity index (χ4n) is 1.55. The van der Waals surface area contributed by atoms with Crippen LogP contribution >= 0.6 is 11.6 Å². The third kappa shape index (κ3) is 1.89. The molecule has 0 unspecified atom stereocenters.